The molecule has 3 atom stereocenters. The van der Waals surface area contributed by atoms with Crippen molar-refractivity contribution in [1.29, 1.82) is 0 Å². The summed E-state index contributed by atoms with van der Waals surface area (Å²) in [5.74, 6) is 0.647. The number of nitrogens with one attached hydrogen (secondary N) is 1. The van der Waals surface area contributed by atoms with Crippen LogP contribution in [0.15, 0.2) is 0 Å². The van der Waals surface area contributed by atoms with Crippen molar-refractivity contribution in [2.24, 2.45) is 5.92 Å². The van der Waals surface area contributed by atoms with Crippen molar-refractivity contribution in [3.05, 3.63) is 0 Å². The Kier molecular flexibility index (Phi) is 7.13. The van der Waals surface area contributed by atoms with Gasteiger partial charge in [0, 0.05) is 12.1 Å². The first-order chi connectivity index (χ1) is 10.1. The van der Waals surface area contributed by atoms with Crippen molar-refractivity contribution in [3.8, 4) is 0 Å². The van der Waals surface area contributed by atoms with Crippen LogP contribution in [0.5, 0.6) is 0 Å². The quantitative estimate of drug-likeness (QED) is 0.819. The van der Waals surface area contributed by atoms with Crippen molar-refractivity contribution < 1.29 is 14.6 Å². The molecule has 0 bridgehead atoms. The standard InChI is InChI=1S/C17H34N2O3/c1-12(2)9-10-19(6)15-11-13(20)7-8-14(15)18-16(21)22-17(3,4)5/h12-15,20H,7-11H2,1-6H3,(H,18,21). The van der Waals surface area contributed by atoms with E-state index in [1.54, 1.807) is 0 Å². The summed E-state index contributed by atoms with van der Waals surface area (Å²) in [7, 11) is 2.08. The van der Waals surface area contributed by atoms with Crippen LogP contribution in [0.1, 0.15) is 60.3 Å². The number of alkyl carbamates (subject to hydrolysis) is 1. The molecule has 130 valence electrons. The fourth-order valence-electron chi connectivity index (χ4n) is 2.87. The molecule has 0 saturated heterocycles. The summed E-state index contributed by atoms with van der Waals surface area (Å²) in [5.41, 5.74) is -0.489. The van der Waals surface area contributed by atoms with E-state index in [0.717, 1.165) is 25.8 Å². The normalized spacial score (nSPS) is 26.3. The lowest BCUT2D eigenvalue weighted by molar-refractivity contribution is 0.0279. The number of hydrogen-bond acceptors (Lipinski definition) is 4. The number of amides is 1. The van der Waals surface area contributed by atoms with E-state index < -0.39 is 5.60 Å². The molecule has 3 unspecified atom stereocenters. The summed E-state index contributed by atoms with van der Waals surface area (Å²) in [5, 5.41) is 13.0. The number of aliphatic hydroxyl groups is 1. The van der Waals surface area contributed by atoms with Gasteiger partial charge in [0.1, 0.15) is 5.60 Å². The zero-order chi connectivity index (χ0) is 16.9. The van der Waals surface area contributed by atoms with Gasteiger partial charge in [0.05, 0.1) is 6.10 Å². The lowest BCUT2D eigenvalue weighted by Crippen LogP contribution is -2.55. The summed E-state index contributed by atoms with van der Waals surface area (Å²) in [6, 6.07) is 0.199. The van der Waals surface area contributed by atoms with Crippen LogP contribution in [0.3, 0.4) is 0 Å². The van der Waals surface area contributed by atoms with Crippen LogP contribution in [-0.2, 0) is 4.74 Å². The number of nitrogens with zero attached hydrogens (tertiary/aromatic N) is 1. The molecule has 5 nitrogen and oxygen atoms in total. The maximum absolute atomic E-state index is 12.0. The molecule has 0 aromatic carbocycles. The van der Waals surface area contributed by atoms with Gasteiger partial charge in [0.25, 0.3) is 0 Å². The first-order valence-electron chi connectivity index (χ1n) is 8.46. The topological polar surface area (TPSA) is 61.8 Å². The zero-order valence-electron chi connectivity index (χ0n) is 15.1. The van der Waals surface area contributed by atoms with Gasteiger partial charge in [-0.05, 0) is 66.0 Å². The van der Waals surface area contributed by atoms with E-state index in [1.807, 2.05) is 20.8 Å². The minimum atomic E-state index is -0.489. The Balaban J connectivity index is 2.62. The number of hydrogen-bond donors (Lipinski definition) is 2. The van der Waals surface area contributed by atoms with Gasteiger partial charge < -0.3 is 20.1 Å². The van der Waals surface area contributed by atoms with Gasteiger partial charge in [-0.1, -0.05) is 13.8 Å². The fourth-order valence-corrected chi connectivity index (χ4v) is 2.87. The Morgan fingerprint density at radius 3 is 2.55 bits per heavy atom. The van der Waals surface area contributed by atoms with E-state index in [1.165, 1.54) is 0 Å². The highest BCUT2D eigenvalue weighted by Gasteiger charge is 2.34. The minimum absolute atomic E-state index is 0.0374. The molecule has 1 aliphatic rings. The first kappa shape index (κ1) is 19.2. The number of carbonyl (C=O) groups is 1. The number of rotatable bonds is 5. The largest absolute Gasteiger partial charge is 0.444 e. The van der Waals surface area contributed by atoms with Gasteiger partial charge in [-0.3, -0.25) is 0 Å². The van der Waals surface area contributed by atoms with Crippen LogP contribution in [0, 0.1) is 5.92 Å². The fraction of sp³-hybridized carbons (Fsp3) is 0.941. The summed E-state index contributed by atoms with van der Waals surface area (Å²) >= 11 is 0. The molecule has 0 spiro atoms. The van der Waals surface area contributed by atoms with Gasteiger partial charge in [-0.2, -0.15) is 0 Å². The molecular weight excluding hydrogens is 280 g/mol. The van der Waals surface area contributed by atoms with Crippen LogP contribution >= 0.6 is 0 Å². The van der Waals surface area contributed by atoms with Crippen molar-refractivity contribution in [3.63, 3.8) is 0 Å². The molecule has 1 saturated carbocycles. The second-order valence-corrected chi connectivity index (χ2v) is 7.95. The lowest BCUT2D eigenvalue weighted by atomic mass is 9.87. The average Bonchev–Trinajstić information content (AvgIpc) is 2.35. The van der Waals surface area contributed by atoms with Crippen LogP contribution in [0.25, 0.3) is 0 Å². The summed E-state index contributed by atoms with van der Waals surface area (Å²) in [6.07, 6.45) is 2.70. The summed E-state index contributed by atoms with van der Waals surface area (Å²) in [6.45, 7) is 11.0. The number of aliphatic hydroxyl groups excluding tert-OH is 1. The zero-order valence-corrected chi connectivity index (χ0v) is 15.1. The van der Waals surface area contributed by atoms with E-state index >= 15 is 0 Å². The van der Waals surface area contributed by atoms with Crippen LogP contribution in [0.4, 0.5) is 4.79 Å². The summed E-state index contributed by atoms with van der Waals surface area (Å²) in [4.78, 5) is 14.3. The molecule has 1 fully saturated rings. The Labute approximate surface area is 135 Å². The van der Waals surface area contributed by atoms with Gasteiger partial charge >= 0.3 is 6.09 Å². The molecule has 0 aromatic rings. The smallest absolute Gasteiger partial charge is 0.407 e. The molecular formula is C17H34N2O3. The predicted octanol–water partition coefficient (Wildman–Crippen LogP) is 2.77. The Hall–Kier alpha value is -0.810. The number of carbonyl (C=O) groups excluding carboxylic acids is 1. The van der Waals surface area contributed by atoms with Gasteiger partial charge in [-0.15, -0.1) is 0 Å². The summed E-state index contributed by atoms with van der Waals surface area (Å²) < 4.78 is 5.36. The number of likely N-dealkylation sites (N-methyl/N-ethyl adjacent to an activating group) is 1. The Bertz CT molecular complexity index is 352. The van der Waals surface area contributed by atoms with Gasteiger partial charge in [0.2, 0.25) is 0 Å². The SMILES string of the molecule is CC(C)CCN(C)C1CC(O)CCC1NC(=O)OC(C)(C)C. The molecule has 0 aromatic heterocycles. The molecule has 1 rings (SSSR count). The Morgan fingerprint density at radius 1 is 1.36 bits per heavy atom. The lowest BCUT2D eigenvalue weighted by Gasteiger charge is -2.40. The molecule has 0 radical (unpaired) electrons. The molecule has 1 aliphatic carbocycles. The molecule has 1 amide bonds. The van der Waals surface area contributed by atoms with Crippen molar-refractivity contribution in [1.82, 2.24) is 10.2 Å². The van der Waals surface area contributed by atoms with E-state index in [2.05, 4.69) is 31.1 Å². The van der Waals surface area contributed by atoms with Crippen molar-refractivity contribution in [2.75, 3.05) is 13.6 Å². The maximum Gasteiger partial charge on any atom is 0.407 e. The second kappa shape index (κ2) is 8.16. The average molecular weight is 314 g/mol. The Morgan fingerprint density at radius 2 is 2.00 bits per heavy atom. The molecule has 5 heteroatoms. The molecule has 22 heavy (non-hydrogen) atoms. The van der Waals surface area contributed by atoms with E-state index in [0.29, 0.717) is 12.3 Å². The van der Waals surface area contributed by atoms with Crippen LogP contribution in [0.2, 0.25) is 0 Å². The van der Waals surface area contributed by atoms with E-state index in [4.69, 9.17) is 4.74 Å². The highest BCUT2D eigenvalue weighted by molar-refractivity contribution is 5.68. The first-order valence-corrected chi connectivity index (χ1v) is 8.46. The van der Waals surface area contributed by atoms with Gasteiger partial charge in [-0.25, -0.2) is 4.79 Å². The molecule has 2 N–H and O–H groups in total. The van der Waals surface area contributed by atoms with Crippen LogP contribution < -0.4 is 5.32 Å². The van der Waals surface area contributed by atoms with E-state index in [-0.39, 0.29) is 24.3 Å². The second-order valence-electron chi connectivity index (χ2n) is 7.95. The third kappa shape index (κ3) is 6.97. The van der Waals surface area contributed by atoms with Crippen molar-refractivity contribution in [2.45, 2.75) is 84.1 Å². The highest BCUT2D eigenvalue weighted by Crippen LogP contribution is 2.24. The predicted molar refractivity (Wildman–Crippen MR) is 88.9 cm³/mol. The van der Waals surface area contributed by atoms with Crippen LogP contribution in [-0.4, -0.2) is 53.5 Å². The molecule has 0 heterocycles. The van der Waals surface area contributed by atoms with Crippen molar-refractivity contribution >= 4 is 6.09 Å². The number of ether oxygens (including phenoxy) is 1. The van der Waals surface area contributed by atoms with E-state index in [9.17, 15) is 9.90 Å². The maximum atomic E-state index is 12.0. The minimum Gasteiger partial charge on any atom is -0.444 e. The monoisotopic (exact) mass is 314 g/mol. The third-order valence-electron chi connectivity index (χ3n) is 4.12. The van der Waals surface area contributed by atoms with Gasteiger partial charge in [0.15, 0.2) is 0 Å². The highest BCUT2D eigenvalue weighted by atomic mass is 16.6. The third-order valence-corrected chi connectivity index (χ3v) is 4.12. The molecule has 0 aliphatic heterocycles.